The minimum atomic E-state index is -4.24. The van der Waals surface area contributed by atoms with Crippen LogP contribution < -0.4 is 5.32 Å². The summed E-state index contributed by atoms with van der Waals surface area (Å²) in [7, 11) is 1.40. The SMILES string of the molecule is CN(CCC(F)(F)F)C(=O)[C@@H]1Cc2ccccc2N1. The van der Waals surface area contributed by atoms with Crippen LogP contribution in [0.4, 0.5) is 18.9 Å². The molecule has 1 N–H and O–H groups in total. The van der Waals surface area contributed by atoms with Crippen LogP contribution in [0.25, 0.3) is 0 Å². The van der Waals surface area contributed by atoms with Crippen molar-refractivity contribution in [2.45, 2.75) is 25.1 Å². The molecule has 1 amide bonds. The Morgan fingerprint density at radius 3 is 2.74 bits per heavy atom. The number of carbonyl (C=O) groups excluding carboxylic acids is 1. The van der Waals surface area contributed by atoms with Gasteiger partial charge in [0.25, 0.3) is 0 Å². The van der Waals surface area contributed by atoms with Crippen molar-refractivity contribution in [2.24, 2.45) is 0 Å². The molecule has 1 heterocycles. The molecular formula is C13H15F3N2O. The van der Waals surface area contributed by atoms with Crippen LogP contribution in [0.3, 0.4) is 0 Å². The molecule has 2 rings (SSSR count). The second-order valence-corrected chi connectivity index (χ2v) is 4.68. The predicted octanol–water partition coefficient (Wildman–Crippen LogP) is 2.43. The summed E-state index contributed by atoms with van der Waals surface area (Å²) in [6, 6.07) is 7.03. The van der Waals surface area contributed by atoms with Gasteiger partial charge in [0.1, 0.15) is 6.04 Å². The first-order valence-electron chi connectivity index (χ1n) is 6.03. The van der Waals surface area contributed by atoms with Crippen LogP contribution in [0.15, 0.2) is 24.3 Å². The third-order valence-electron chi connectivity index (χ3n) is 3.18. The quantitative estimate of drug-likeness (QED) is 0.916. The van der Waals surface area contributed by atoms with Gasteiger partial charge in [0.05, 0.1) is 6.42 Å². The van der Waals surface area contributed by atoms with Crippen molar-refractivity contribution in [1.29, 1.82) is 0 Å². The van der Waals surface area contributed by atoms with Gasteiger partial charge < -0.3 is 10.2 Å². The van der Waals surface area contributed by atoms with Gasteiger partial charge in [-0.15, -0.1) is 0 Å². The van der Waals surface area contributed by atoms with E-state index in [2.05, 4.69) is 5.32 Å². The van der Waals surface area contributed by atoms with E-state index >= 15 is 0 Å². The van der Waals surface area contributed by atoms with Gasteiger partial charge >= 0.3 is 6.18 Å². The fraction of sp³-hybridized carbons (Fsp3) is 0.462. The number of nitrogens with zero attached hydrogens (tertiary/aromatic N) is 1. The Balaban J connectivity index is 1.92. The lowest BCUT2D eigenvalue weighted by Crippen LogP contribution is -2.41. The fourth-order valence-corrected chi connectivity index (χ4v) is 2.12. The third-order valence-corrected chi connectivity index (χ3v) is 3.18. The zero-order valence-corrected chi connectivity index (χ0v) is 10.5. The summed E-state index contributed by atoms with van der Waals surface area (Å²) in [5.74, 6) is -0.305. The Bertz CT molecular complexity index is 448. The highest BCUT2D eigenvalue weighted by Gasteiger charge is 2.31. The molecule has 0 aliphatic carbocycles. The standard InChI is InChI=1S/C13H15F3N2O/c1-18(7-6-13(14,15)16)12(19)11-8-9-4-2-3-5-10(9)17-11/h2-5,11,17H,6-8H2,1H3/t11-/m0/s1. The molecule has 0 bridgehead atoms. The Hall–Kier alpha value is -1.72. The van der Waals surface area contributed by atoms with E-state index in [1.165, 1.54) is 7.05 Å². The second kappa shape index (κ2) is 5.11. The molecule has 19 heavy (non-hydrogen) atoms. The molecule has 1 aliphatic heterocycles. The molecular weight excluding hydrogens is 257 g/mol. The number of rotatable bonds is 3. The van der Waals surface area contributed by atoms with Gasteiger partial charge in [-0.25, -0.2) is 0 Å². The summed E-state index contributed by atoms with van der Waals surface area (Å²) < 4.78 is 36.4. The molecule has 104 valence electrons. The first-order chi connectivity index (χ1) is 8.87. The van der Waals surface area contributed by atoms with Crippen molar-refractivity contribution >= 4 is 11.6 Å². The number of carbonyl (C=O) groups is 1. The van der Waals surface area contributed by atoms with E-state index in [0.717, 1.165) is 16.2 Å². The minimum absolute atomic E-state index is 0.305. The highest BCUT2D eigenvalue weighted by molar-refractivity contribution is 5.87. The number of alkyl halides is 3. The number of benzene rings is 1. The third kappa shape index (κ3) is 3.39. The number of halogens is 3. The van der Waals surface area contributed by atoms with Crippen molar-refractivity contribution in [3.05, 3.63) is 29.8 Å². The van der Waals surface area contributed by atoms with Crippen molar-refractivity contribution in [2.75, 3.05) is 18.9 Å². The average Bonchev–Trinajstić information content (AvgIpc) is 2.77. The fourth-order valence-electron chi connectivity index (χ4n) is 2.12. The van der Waals surface area contributed by atoms with Gasteiger partial charge in [-0.2, -0.15) is 13.2 Å². The van der Waals surface area contributed by atoms with Crippen LogP contribution in [-0.4, -0.2) is 36.6 Å². The average molecular weight is 272 g/mol. The molecule has 0 saturated heterocycles. The van der Waals surface area contributed by atoms with Crippen LogP contribution in [0, 0.1) is 0 Å². The van der Waals surface area contributed by atoms with Crippen LogP contribution in [0.5, 0.6) is 0 Å². The molecule has 0 aromatic heterocycles. The lowest BCUT2D eigenvalue weighted by molar-refractivity contribution is -0.144. The molecule has 1 atom stereocenters. The minimum Gasteiger partial charge on any atom is -0.373 e. The summed E-state index contributed by atoms with van der Waals surface area (Å²) in [6.45, 7) is -0.309. The summed E-state index contributed by atoms with van der Waals surface area (Å²) in [6.07, 6.45) is -4.69. The monoisotopic (exact) mass is 272 g/mol. The van der Waals surface area contributed by atoms with E-state index in [9.17, 15) is 18.0 Å². The zero-order chi connectivity index (χ0) is 14.0. The van der Waals surface area contributed by atoms with Crippen LogP contribution in [-0.2, 0) is 11.2 Å². The smallest absolute Gasteiger partial charge is 0.373 e. The molecule has 6 heteroatoms. The predicted molar refractivity (Wildman–Crippen MR) is 65.9 cm³/mol. The Kier molecular flexibility index (Phi) is 3.68. The van der Waals surface area contributed by atoms with Gasteiger partial charge in [0.2, 0.25) is 5.91 Å². The van der Waals surface area contributed by atoms with Crippen molar-refractivity contribution < 1.29 is 18.0 Å². The molecule has 1 aliphatic rings. The van der Waals surface area contributed by atoms with Gasteiger partial charge in [0.15, 0.2) is 0 Å². The number of likely N-dealkylation sites (N-methyl/N-ethyl adjacent to an activating group) is 1. The lowest BCUT2D eigenvalue weighted by Gasteiger charge is -2.22. The number of anilines is 1. The van der Waals surface area contributed by atoms with E-state index in [1.54, 1.807) is 0 Å². The summed E-state index contributed by atoms with van der Waals surface area (Å²) in [4.78, 5) is 13.2. The normalized spacial score (nSPS) is 17.8. The maximum atomic E-state index is 12.1. The first kappa shape index (κ1) is 13.7. The molecule has 1 aromatic rings. The van der Waals surface area contributed by atoms with Crippen LogP contribution in [0.2, 0.25) is 0 Å². The maximum Gasteiger partial charge on any atom is 0.390 e. The molecule has 0 fully saturated rings. The van der Waals surface area contributed by atoms with E-state index in [-0.39, 0.29) is 12.5 Å². The van der Waals surface area contributed by atoms with Gasteiger partial charge in [-0.1, -0.05) is 18.2 Å². The van der Waals surface area contributed by atoms with E-state index in [4.69, 9.17) is 0 Å². The second-order valence-electron chi connectivity index (χ2n) is 4.68. The number of nitrogens with one attached hydrogen (secondary N) is 1. The Morgan fingerprint density at radius 1 is 1.42 bits per heavy atom. The summed E-state index contributed by atoms with van der Waals surface area (Å²) >= 11 is 0. The van der Waals surface area contributed by atoms with Gasteiger partial charge in [-0.05, 0) is 11.6 Å². The summed E-state index contributed by atoms with van der Waals surface area (Å²) in [5.41, 5.74) is 1.90. The van der Waals surface area contributed by atoms with E-state index < -0.39 is 18.6 Å². The molecule has 0 spiro atoms. The molecule has 0 radical (unpaired) electrons. The van der Waals surface area contributed by atoms with Crippen molar-refractivity contribution in [1.82, 2.24) is 4.90 Å². The highest BCUT2D eigenvalue weighted by Crippen LogP contribution is 2.26. The van der Waals surface area contributed by atoms with Crippen LogP contribution in [0.1, 0.15) is 12.0 Å². The van der Waals surface area contributed by atoms with Gasteiger partial charge in [-0.3, -0.25) is 4.79 Å². The van der Waals surface area contributed by atoms with Gasteiger partial charge in [0, 0.05) is 25.7 Å². The molecule has 0 unspecified atom stereocenters. The zero-order valence-electron chi connectivity index (χ0n) is 10.5. The Labute approximate surface area is 109 Å². The number of para-hydroxylation sites is 1. The Morgan fingerprint density at radius 2 is 2.11 bits per heavy atom. The topological polar surface area (TPSA) is 32.3 Å². The number of fused-ring (bicyclic) bond motifs is 1. The number of hydrogen-bond acceptors (Lipinski definition) is 2. The number of hydrogen-bond donors (Lipinski definition) is 1. The van der Waals surface area contributed by atoms with E-state index in [1.807, 2.05) is 24.3 Å². The van der Waals surface area contributed by atoms with Crippen LogP contribution >= 0.6 is 0 Å². The van der Waals surface area contributed by atoms with Crippen molar-refractivity contribution in [3.63, 3.8) is 0 Å². The lowest BCUT2D eigenvalue weighted by atomic mass is 10.1. The molecule has 0 saturated carbocycles. The number of amides is 1. The summed E-state index contributed by atoms with van der Waals surface area (Å²) in [5, 5.41) is 3.04. The highest BCUT2D eigenvalue weighted by atomic mass is 19.4. The molecule has 3 nitrogen and oxygen atoms in total. The largest absolute Gasteiger partial charge is 0.390 e. The van der Waals surface area contributed by atoms with E-state index in [0.29, 0.717) is 6.42 Å². The molecule has 1 aromatic carbocycles. The maximum absolute atomic E-state index is 12.1. The van der Waals surface area contributed by atoms with Crippen molar-refractivity contribution in [3.8, 4) is 0 Å². The first-order valence-corrected chi connectivity index (χ1v) is 6.03.